The van der Waals surface area contributed by atoms with Crippen LogP contribution in [0.3, 0.4) is 0 Å². The van der Waals surface area contributed by atoms with Crippen LogP contribution in [0.25, 0.3) is 0 Å². The summed E-state index contributed by atoms with van der Waals surface area (Å²) in [6, 6.07) is 25.8. The zero-order valence-electron chi connectivity index (χ0n) is 22.1. The third-order valence-electron chi connectivity index (χ3n) is 4.40. The van der Waals surface area contributed by atoms with E-state index in [4.69, 9.17) is 13.3 Å². The average molecular weight is 528 g/mol. The minimum Gasteiger partial charge on any atom is -0.544 e. The van der Waals surface area contributed by atoms with Crippen molar-refractivity contribution in [1.82, 2.24) is 0 Å². The molecule has 3 rings (SSSR count). The molecular weight excluding hydrogens is 489 g/mol. The van der Waals surface area contributed by atoms with Crippen LogP contribution in [0.15, 0.2) is 87.5 Å². The predicted octanol–water partition coefficient (Wildman–Crippen LogP) is 8.42. The summed E-state index contributed by atoms with van der Waals surface area (Å²) >= 11 is 0. The summed E-state index contributed by atoms with van der Waals surface area (Å²) < 4.78 is 19.0. The van der Waals surface area contributed by atoms with E-state index in [1.807, 2.05) is 0 Å². The molecule has 7 heteroatoms. The van der Waals surface area contributed by atoms with E-state index in [2.05, 4.69) is 132 Å². The van der Waals surface area contributed by atoms with Crippen molar-refractivity contribution in [3.8, 4) is 17.2 Å². The third kappa shape index (κ3) is 8.37. The first-order valence-electron chi connectivity index (χ1n) is 11.8. The van der Waals surface area contributed by atoms with Crippen molar-refractivity contribution in [1.29, 1.82) is 0 Å². The second kappa shape index (κ2) is 10.4. The molecule has 0 aromatic heterocycles. The summed E-state index contributed by atoms with van der Waals surface area (Å²) in [4.78, 5) is 3.68. The highest BCUT2D eigenvalue weighted by Gasteiger charge is 2.31. The van der Waals surface area contributed by atoms with Gasteiger partial charge in [0.1, 0.15) is 17.2 Å². The lowest BCUT2D eigenvalue weighted by atomic mass is 10.3. The topological polar surface area (TPSA) is 27.7 Å². The molecule has 34 heavy (non-hydrogen) atoms. The Kier molecular flexibility index (Phi) is 8.12. The van der Waals surface area contributed by atoms with Crippen molar-refractivity contribution in [3.05, 3.63) is 72.8 Å². The molecule has 0 bridgehead atoms. The first-order chi connectivity index (χ1) is 15.7. The van der Waals surface area contributed by atoms with Crippen LogP contribution >= 0.6 is 0 Å². The molecule has 0 heterocycles. The molecule has 0 saturated carbocycles. The van der Waals surface area contributed by atoms with Crippen molar-refractivity contribution in [2.24, 2.45) is 0 Å². The van der Waals surface area contributed by atoms with Crippen LogP contribution in [0.4, 0.5) is 0 Å². The van der Waals surface area contributed by atoms with Crippen LogP contribution < -0.4 is 13.3 Å². The lowest BCUT2D eigenvalue weighted by Gasteiger charge is -2.21. The van der Waals surface area contributed by atoms with Gasteiger partial charge in [0.25, 0.3) is 0 Å². The highest BCUT2D eigenvalue weighted by atomic mass is 32.2. The summed E-state index contributed by atoms with van der Waals surface area (Å²) in [5.74, 6) is 2.83. The van der Waals surface area contributed by atoms with Crippen LogP contribution in [0.2, 0.25) is 58.9 Å². The Morgan fingerprint density at radius 2 is 0.706 bits per heavy atom. The fourth-order valence-corrected chi connectivity index (χ4v) is 8.13. The maximum atomic E-state index is 6.35. The number of rotatable bonds is 9. The van der Waals surface area contributed by atoms with E-state index in [1.165, 1.54) is 14.7 Å². The summed E-state index contributed by atoms with van der Waals surface area (Å²) in [6.07, 6.45) is 0. The van der Waals surface area contributed by atoms with Gasteiger partial charge in [-0.2, -0.15) is 0 Å². The predicted molar refractivity (Wildman–Crippen MR) is 153 cm³/mol. The van der Waals surface area contributed by atoms with E-state index in [9.17, 15) is 0 Å². The van der Waals surface area contributed by atoms with Crippen LogP contribution in [0.1, 0.15) is 0 Å². The standard InChI is InChI=1S/C27H39O3SSi3/c1-32(2,3)28-22-13-10-16-25(19-22)31(26-17-11-14-23(20-26)29-33(4,5)6)27-18-12-15-24(21-27)30-34(7,8)9/h10-21H,1-9H3/q+1. The smallest absolute Gasteiger partial charge is 0.242 e. The zero-order chi connectivity index (χ0) is 25.1. The van der Waals surface area contributed by atoms with Gasteiger partial charge in [0.2, 0.25) is 25.0 Å². The molecule has 3 aromatic rings. The first kappa shape index (κ1) is 26.7. The Bertz CT molecular complexity index is 973. The Labute approximate surface area is 212 Å². The van der Waals surface area contributed by atoms with Gasteiger partial charge in [-0.15, -0.1) is 0 Å². The molecule has 0 aliphatic rings. The highest BCUT2D eigenvalue weighted by molar-refractivity contribution is 7.97. The second-order valence-electron chi connectivity index (χ2n) is 11.4. The van der Waals surface area contributed by atoms with E-state index < -0.39 is 25.0 Å². The van der Waals surface area contributed by atoms with Gasteiger partial charge < -0.3 is 13.3 Å². The van der Waals surface area contributed by atoms with Crippen molar-refractivity contribution in [3.63, 3.8) is 0 Å². The van der Waals surface area contributed by atoms with Gasteiger partial charge in [0.05, 0.1) is 10.9 Å². The van der Waals surface area contributed by atoms with Gasteiger partial charge in [-0.1, -0.05) is 18.2 Å². The molecular formula is C27H39O3SSi3+. The Hall–Kier alpha value is -1.94. The molecule has 0 saturated heterocycles. The summed E-state index contributed by atoms with van der Waals surface area (Å²) in [5, 5.41) is 0. The molecule has 0 radical (unpaired) electrons. The number of hydrogen-bond donors (Lipinski definition) is 0. The van der Waals surface area contributed by atoms with Crippen molar-refractivity contribution >= 4 is 35.8 Å². The van der Waals surface area contributed by atoms with Crippen molar-refractivity contribution in [2.75, 3.05) is 0 Å². The number of benzene rings is 3. The van der Waals surface area contributed by atoms with Crippen LogP contribution in [0.5, 0.6) is 17.2 Å². The van der Waals surface area contributed by atoms with Crippen LogP contribution in [0, 0.1) is 0 Å². The molecule has 0 spiro atoms. The largest absolute Gasteiger partial charge is 0.544 e. The Morgan fingerprint density at radius 1 is 0.441 bits per heavy atom. The maximum Gasteiger partial charge on any atom is 0.242 e. The SMILES string of the molecule is C[Si](C)(C)Oc1cccc([S+](c2cccc(O[Si](C)(C)C)c2)c2cccc(O[Si](C)(C)C)c2)c1. The first-order valence-corrected chi connectivity index (χ1v) is 23.3. The van der Waals surface area contributed by atoms with Gasteiger partial charge in [-0.3, -0.25) is 0 Å². The highest BCUT2D eigenvalue weighted by Crippen LogP contribution is 2.36. The van der Waals surface area contributed by atoms with Gasteiger partial charge in [0.15, 0.2) is 14.7 Å². The number of hydrogen-bond acceptors (Lipinski definition) is 3. The van der Waals surface area contributed by atoms with Crippen LogP contribution in [-0.4, -0.2) is 25.0 Å². The lowest BCUT2D eigenvalue weighted by Crippen LogP contribution is -2.29. The molecule has 0 amide bonds. The van der Waals surface area contributed by atoms with Crippen molar-refractivity contribution < 1.29 is 13.3 Å². The monoisotopic (exact) mass is 527 g/mol. The summed E-state index contributed by atoms with van der Waals surface area (Å²) in [5.41, 5.74) is 0. The molecule has 0 fully saturated rings. The zero-order valence-corrected chi connectivity index (χ0v) is 25.9. The fraction of sp³-hybridized carbons (Fsp3) is 0.333. The molecule has 0 N–H and O–H groups in total. The normalized spacial score (nSPS) is 12.5. The Balaban J connectivity index is 2.12. The lowest BCUT2D eigenvalue weighted by molar-refractivity contribution is 0.556. The van der Waals surface area contributed by atoms with Crippen LogP contribution in [-0.2, 0) is 10.9 Å². The average Bonchev–Trinajstić information content (AvgIpc) is 2.65. The minimum atomic E-state index is -1.71. The quantitative estimate of drug-likeness (QED) is 0.206. The molecule has 0 atom stereocenters. The van der Waals surface area contributed by atoms with Gasteiger partial charge >= 0.3 is 0 Å². The minimum absolute atomic E-state index is 0.324. The second-order valence-corrected chi connectivity index (χ2v) is 26.7. The van der Waals surface area contributed by atoms with E-state index in [0.717, 1.165) is 17.2 Å². The summed E-state index contributed by atoms with van der Waals surface area (Å²) in [6.45, 7) is 19.9. The van der Waals surface area contributed by atoms with Gasteiger partial charge in [0, 0.05) is 18.2 Å². The maximum absolute atomic E-state index is 6.35. The Morgan fingerprint density at radius 3 is 0.941 bits per heavy atom. The molecule has 0 aliphatic carbocycles. The van der Waals surface area contributed by atoms with E-state index in [1.54, 1.807) is 0 Å². The van der Waals surface area contributed by atoms with Crippen molar-refractivity contribution in [2.45, 2.75) is 73.6 Å². The molecule has 3 aromatic carbocycles. The third-order valence-corrected chi connectivity index (χ3v) is 9.12. The van der Waals surface area contributed by atoms with E-state index >= 15 is 0 Å². The van der Waals surface area contributed by atoms with E-state index in [0.29, 0.717) is 0 Å². The molecule has 0 unspecified atom stereocenters. The van der Waals surface area contributed by atoms with Gasteiger partial charge in [-0.25, -0.2) is 0 Å². The van der Waals surface area contributed by atoms with Gasteiger partial charge in [-0.05, 0) is 95.3 Å². The molecule has 182 valence electrons. The summed E-state index contributed by atoms with van der Waals surface area (Å²) in [7, 11) is -5.46. The molecule has 3 nitrogen and oxygen atoms in total. The van der Waals surface area contributed by atoms with E-state index in [-0.39, 0.29) is 10.9 Å². The fourth-order valence-electron chi connectivity index (χ4n) is 3.46. The molecule has 0 aliphatic heterocycles.